The molecule has 0 amide bonds. The molecule has 1 aliphatic rings. The lowest BCUT2D eigenvalue weighted by Crippen LogP contribution is -2.16. The fourth-order valence-electron chi connectivity index (χ4n) is 2.51. The van der Waals surface area contributed by atoms with Crippen LogP contribution in [0.15, 0.2) is 18.3 Å². The van der Waals surface area contributed by atoms with Gasteiger partial charge in [0.25, 0.3) is 0 Å². The first kappa shape index (κ1) is 9.73. The summed E-state index contributed by atoms with van der Waals surface area (Å²) in [6.45, 7) is 1.91. The van der Waals surface area contributed by atoms with Gasteiger partial charge in [0, 0.05) is 11.7 Å². The number of rotatable bonds is 0. The van der Waals surface area contributed by atoms with Crippen molar-refractivity contribution in [3.8, 4) is 0 Å². The molecule has 0 N–H and O–H groups in total. The van der Waals surface area contributed by atoms with Crippen LogP contribution in [0.25, 0.3) is 11.0 Å². The number of fused-ring (bicyclic) bond motifs is 3. The number of hydrogen-bond acceptors (Lipinski definition) is 2. The minimum absolute atomic E-state index is 0.870. The standard InChI is InChI=1S/C13H15N3/c1-15-8-4-5-10-12(9-15)16(2)11-6-3-7-14-13(10)11/h3,6-7H,1-2,4-5,8-9H2/q-2. The summed E-state index contributed by atoms with van der Waals surface area (Å²) in [5.41, 5.74) is 4.86. The third-order valence-corrected chi connectivity index (χ3v) is 3.31. The molecular formula is C13H15N3-2. The van der Waals surface area contributed by atoms with Gasteiger partial charge in [-0.05, 0) is 31.4 Å². The molecule has 1 aliphatic heterocycles. The van der Waals surface area contributed by atoms with Gasteiger partial charge in [0.15, 0.2) is 0 Å². The van der Waals surface area contributed by atoms with Crippen LogP contribution in [0, 0.1) is 14.1 Å². The molecule has 16 heavy (non-hydrogen) atoms. The highest BCUT2D eigenvalue weighted by Gasteiger charge is 2.11. The van der Waals surface area contributed by atoms with Gasteiger partial charge >= 0.3 is 0 Å². The van der Waals surface area contributed by atoms with E-state index in [4.69, 9.17) is 0 Å². The molecule has 0 bridgehead atoms. The first-order valence-corrected chi connectivity index (χ1v) is 5.61. The molecule has 0 aliphatic carbocycles. The van der Waals surface area contributed by atoms with E-state index in [1.165, 1.54) is 11.3 Å². The van der Waals surface area contributed by atoms with Crippen molar-refractivity contribution in [2.45, 2.75) is 19.4 Å². The molecule has 0 aromatic carbocycles. The van der Waals surface area contributed by atoms with Crippen molar-refractivity contribution in [1.82, 2.24) is 14.5 Å². The summed E-state index contributed by atoms with van der Waals surface area (Å²) in [4.78, 5) is 6.59. The van der Waals surface area contributed by atoms with Crippen LogP contribution in [0.5, 0.6) is 0 Å². The molecule has 0 fully saturated rings. The van der Waals surface area contributed by atoms with E-state index >= 15 is 0 Å². The van der Waals surface area contributed by atoms with Gasteiger partial charge in [-0.2, -0.15) is 0 Å². The minimum Gasteiger partial charge on any atom is -0.482 e. The summed E-state index contributed by atoms with van der Waals surface area (Å²) in [6, 6.07) is 4.04. The summed E-state index contributed by atoms with van der Waals surface area (Å²) < 4.78 is 2.02. The van der Waals surface area contributed by atoms with Crippen molar-refractivity contribution in [1.29, 1.82) is 0 Å². The van der Waals surface area contributed by atoms with E-state index in [2.05, 4.69) is 30.0 Å². The summed E-state index contributed by atoms with van der Waals surface area (Å²) in [5, 5.41) is 0. The SMILES string of the molecule is [CH2-]N1CCCc2c(n([CH2-])c3cccnc23)C1. The van der Waals surface area contributed by atoms with Crippen LogP contribution < -0.4 is 0 Å². The van der Waals surface area contributed by atoms with E-state index in [-0.39, 0.29) is 0 Å². The van der Waals surface area contributed by atoms with Crippen molar-refractivity contribution >= 4 is 11.0 Å². The van der Waals surface area contributed by atoms with Crippen molar-refractivity contribution in [3.63, 3.8) is 0 Å². The molecule has 0 saturated heterocycles. The van der Waals surface area contributed by atoms with Gasteiger partial charge in [0.05, 0.1) is 0 Å². The Morgan fingerprint density at radius 1 is 1.31 bits per heavy atom. The highest BCUT2D eigenvalue weighted by atomic mass is 15.1. The van der Waals surface area contributed by atoms with Gasteiger partial charge in [0.2, 0.25) is 0 Å². The Morgan fingerprint density at radius 3 is 3.06 bits per heavy atom. The average molecular weight is 213 g/mol. The van der Waals surface area contributed by atoms with Crippen molar-refractivity contribution < 1.29 is 0 Å². The second-order valence-corrected chi connectivity index (χ2v) is 4.38. The molecule has 0 radical (unpaired) electrons. The average Bonchev–Trinajstić information content (AvgIpc) is 2.47. The predicted octanol–water partition coefficient (Wildman–Crippen LogP) is 2.22. The van der Waals surface area contributed by atoms with E-state index in [1.807, 2.05) is 16.8 Å². The largest absolute Gasteiger partial charge is 0.482 e. The van der Waals surface area contributed by atoms with Gasteiger partial charge in [-0.1, -0.05) is 23.4 Å². The molecule has 0 saturated carbocycles. The molecule has 0 atom stereocenters. The maximum absolute atomic E-state index is 4.48. The topological polar surface area (TPSA) is 21.1 Å². The molecule has 84 valence electrons. The molecule has 0 unspecified atom stereocenters. The lowest BCUT2D eigenvalue weighted by Gasteiger charge is -2.26. The van der Waals surface area contributed by atoms with Gasteiger partial charge in [0.1, 0.15) is 0 Å². The monoisotopic (exact) mass is 213 g/mol. The number of aromatic nitrogens is 2. The summed E-state index contributed by atoms with van der Waals surface area (Å²) >= 11 is 0. The third-order valence-electron chi connectivity index (χ3n) is 3.31. The van der Waals surface area contributed by atoms with Crippen LogP contribution in [0.3, 0.4) is 0 Å². The van der Waals surface area contributed by atoms with Crippen molar-refractivity contribution in [2.24, 2.45) is 0 Å². The van der Waals surface area contributed by atoms with Crippen molar-refractivity contribution in [3.05, 3.63) is 43.7 Å². The summed E-state index contributed by atoms with van der Waals surface area (Å²) in [6.07, 6.45) is 4.08. The summed E-state index contributed by atoms with van der Waals surface area (Å²) in [7, 11) is 8.16. The van der Waals surface area contributed by atoms with Crippen LogP contribution in [-0.4, -0.2) is 21.0 Å². The number of aryl methyl sites for hydroxylation is 1. The molecular weight excluding hydrogens is 198 g/mol. The fourth-order valence-corrected chi connectivity index (χ4v) is 2.51. The van der Waals surface area contributed by atoms with Gasteiger partial charge < -0.3 is 9.47 Å². The van der Waals surface area contributed by atoms with E-state index in [1.54, 1.807) is 0 Å². The first-order chi connectivity index (χ1) is 7.77. The van der Waals surface area contributed by atoms with Gasteiger partial charge in [-0.15, -0.1) is 7.05 Å². The zero-order chi connectivity index (χ0) is 11.1. The van der Waals surface area contributed by atoms with Crippen LogP contribution in [0.4, 0.5) is 0 Å². The van der Waals surface area contributed by atoms with E-state index in [0.717, 1.165) is 37.0 Å². The second-order valence-electron chi connectivity index (χ2n) is 4.38. The Morgan fingerprint density at radius 2 is 2.19 bits per heavy atom. The number of nitrogens with zero attached hydrogens (tertiary/aromatic N) is 3. The number of pyridine rings is 1. The quantitative estimate of drug-likeness (QED) is 0.626. The minimum atomic E-state index is 0.870. The lowest BCUT2D eigenvalue weighted by atomic mass is 10.1. The molecule has 0 spiro atoms. The van der Waals surface area contributed by atoms with Crippen LogP contribution in [0.1, 0.15) is 17.7 Å². The smallest absolute Gasteiger partial charge is 0.0253 e. The Hall–Kier alpha value is -1.48. The zero-order valence-electron chi connectivity index (χ0n) is 9.32. The maximum Gasteiger partial charge on any atom is 0.0253 e. The fraction of sp³-hybridized carbons (Fsp3) is 0.308. The van der Waals surface area contributed by atoms with Gasteiger partial charge in [-0.3, -0.25) is 12.0 Å². The lowest BCUT2D eigenvalue weighted by molar-refractivity contribution is 0.363. The molecule has 3 rings (SSSR count). The molecule has 3 nitrogen and oxygen atoms in total. The Labute approximate surface area is 95.7 Å². The van der Waals surface area contributed by atoms with Crippen LogP contribution in [-0.2, 0) is 13.0 Å². The molecule has 3 heterocycles. The molecule has 2 aromatic rings. The third kappa shape index (κ3) is 1.32. The predicted molar refractivity (Wildman–Crippen MR) is 64.6 cm³/mol. The molecule has 2 aromatic heterocycles. The van der Waals surface area contributed by atoms with E-state index in [9.17, 15) is 0 Å². The maximum atomic E-state index is 4.48. The Balaban J connectivity index is 2.27. The van der Waals surface area contributed by atoms with E-state index in [0.29, 0.717) is 0 Å². The van der Waals surface area contributed by atoms with E-state index < -0.39 is 0 Å². The van der Waals surface area contributed by atoms with Crippen molar-refractivity contribution in [2.75, 3.05) is 6.54 Å². The summed E-state index contributed by atoms with van der Waals surface area (Å²) in [5.74, 6) is 0. The molecule has 3 heteroatoms. The highest BCUT2D eigenvalue weighted by Crippen LogP contribution is 2.28. The Bertz CT molecular complexity index is 527. The van der Waals surface area contributed by atoms with Gasteiger partial charge in [-0.25, -0.2) is 0 Å². The zero-order valence-corrected chi connectivity index (χ0v) is 9.32. The van der Waals surface area contributed by atoms with Crippen LogP contribution >= 0.6 is 0 Å². The normalized spacial score (nSPS) is 17.3. The van der Waals surface area contributed by atoms with Crippen LogP contribution in [0.2, 0.25) is 0 Å². The Kier molecular flexibility index (Phi) is 2.14. The number of hydrogen-bond donors (Lipinski definition) is 0. The second kappa shape index (κ2) is 3.52. The highest BCUT2D eigenvalue weighted by molar-refractivity contribution is 5.81. The first-order valence-electron chi connectivity index (χ1n) is 5.61.